The molecule has 0 aliphatic heterocycles. The molecule has 0 spiro atoms. The summed E-state index contributed by atoms with van der Waals surface area (Å²) in [4.78, 5) is 4.38. The lowest BCUT2D eigenvalue weighted by Crippen LogP contribution is -2.21. The zero-order valence-corrected chi connectivity index (χ0v) is 11.3. The Bertz CT molecular complexity index is 293. The van der Waals surface area contributed by atoms with Gasteiger partial charge in [-0.25, -0.2) is 0 Å². The minimum Gasteiger partial charge on any atom is -0.291 e. The summed E-state index contributed by atoms with van der Waals surface area (Å²) in [6, 6.07) is 10.1. The van der Waals surface area contributed by atoms with Crippen molar-refractivity contribution in [2.24, 2.45) is 4.99 Å². The Balaban J connectivity index is 2.50. The Hall–Kier alpha value is -0.150. The topological polar surface area (TPSA) is 12.4 Å². The third kappa shape index (κ3) is 4.38. The van der Waals surface area contributed by atoms with Gasteiger partial charge >= 0.3 is 0 Å². The molecule has 0 radical (unpaired) electrons. The largest absolute Gasteiger partial charge is 0.291 e. The minimum atomic E-state index is 0.0538. The van der Waals surface area contributed by atoms with Crippen LogP contribution < -0.4 is 0 Å². The molecule has 0 aromatic heterocycles. The molecule has 0 heterocycles. The summed E-state index contributed by atoms with van der Waals surface area (Å²) >= 11 is 7.03. The van der Waals surface area contributed by atoms with E-state index in [-0.39, 0.29) is 4.32 Å². The predicted octanol–water partition coefficient (Wildman–Crippen LogP) is 3.65. The fourth-order valence-corrected chi connectivity index (χ4v) is 1.24. The highest BCUT2D eigenvalue weighted by Gasteiger charge is 2.16. The first-order chi connectivity index (χ1) is 6.64. The summed E-state index contributed by atoms with van der Waals surface area (Å²) < 4.78 is 0.0538. The van der Waals surface area contributed by atoms with E-state index in [1.54, 1.807) is 0 Å². The number of hydrogen-bond acceptors (Lipinski definition) is 1. The molecule has 3 heteroatoms. The zero-order chi connectivity index (χ0) is 10.4. The number of alkyl halides is 2. The van der Waals surface area contributed by atoms with Gasteiger partial charge in [-0.05, 0) is 12.5 Å². The van der Waals surface area contributed by atoms with Crippen LogP contribution in [0.25, 0.3) is 0 Å². The van der Waals surface area contributed by atoms with Crippen molar-refractivity contribution >= 4 is 38.1 Å². The van der Waals surface area contributed by atoms with Gasteiger partial charge in [0.05, 0.1) is 10.9 Å². The maximum Gasteiger partial charge on any atom is 0.0548 e. The van der Waals surface area contributed by atoms with Crippen molar-refractivity contribution < 1.29 is 0 Å². The molecule has 1 aromatic carbocycles. The fourth-order valence-electron chi connectivity index (χ4n) is 0.923. The molecular weight excluding hydrogens is 306 g/mol. The Morgan fingerprint density at radius 1 is 1.36 bits per heavy atom. The molecule has 0 saturated heterocycles. The summed E-state index contributed by atoms with van der Waals surface area (Å²) in [6.07, 6.45) is 1.90. The summed E-state index contributed by atoms with van der Waals surface area (Å²) in [5.41, 5.74) is 1.14. The Kier molecular flexibility index (Phi) is 4.82. The van der Waals surface area contributed by atoms with Gasteiger partial charge in [0.1, 0.15) is 0 Å². The lowest BCUT2D eigenvalue weighted by Gasteiger charge is -2.15. The SMILES string of the molecule is CC(Br)(CBr)CN=Cc1ccccc1. The predicted molar refractivity (Wildman–Crippen MR) is 70.0 cm³/mol. The third-order valence-corrected chi connectivity index (χ3v) is 4.26. The van der Waals surface area contributed by atoms with Crippen molar-refractivity contribution in [3.05, 3.63) is 35.9 Å². The molecule has 1 unspecified atom stereocenters. The highest BCUT2D eigenvalue weighted by Crippen LogP contribution is 2.19. The van der Waals surface area contributed by atoms with Gasteiger partial charge in [-0.15, -0.1) is 0 Å². The van der Waals surface area contributed by atoms with Crippen molar-refractivity contribution in [2.45, 2.75) is 11.2 Å². The van der Waals surface area contributed by atoms with Gasteiger partial charge in [-0.1, -0.05) is 62.2 Å². The van der Waals surface area contributed by atoms with Crippen molar-refractivity contribution in [1.82, 2.24) is 0 Å². The van der Waals surface area contributed by atoms with Crippen molar-refractivity contribution in [1.29, 1.82) is 0 Å². The molecule has 1 nitrogen and oxygen atoms in total. The van der Waals surface area contributed by atoms with E-state index < -0.39 is 0 Å². The molecule has 0 amide bonds. The third-order valence-electron chi connectivity index (χ3n) is 1.74. The van der Waals surface area contributed by atoms with E-state index >= 15 is 0 Å². The van der Waals surface area contributed by atoms with Crippen LogP contribution in [0.5, 0.6) is 0 Å². The zero-order valence-electron chi connectivity index (χ0n) is 8.08. The van der Waals surface area contributed by atoms with Crippen molar-refractivity contribution in [2.75, 3.05) is 11.9 Å². The molecule has 14 heavy (non-hydrogen) atoms. The number of hydrogen-bond donors (Lipinski definition) is 0. The summed E-state index contributed by atoms with van der Waals surface area (Å²) in [5.74, 6) is 0. The van der Waals surface area contributed by atoms with Crippen molar-refractivity contribution in [3.63, 3.8) is 0 Å². The maximum absolute atomic E-state index is 4.38. The second-order valence-corrected chi connectivity index (χ2v) is 5.90. The molecule has 0 aliphatic carbocycles. The van der Waals surface area contributed by atoms with Gasteiger partial charge in [-0.2, -0.15) is 0 Å². The molecule has 0 fully saturated rings. The maximum atomic E-state index is 4.38. The molecule has 1 aromatic rings. The van der Waals surface area contributed by atoms with Crippen LogP contribution >= 0.6 is 31.9 Å². The standard InChI is InChI=1S/C11H13Br2N/c1-11(13,8-12)9-14-7-10-5-3-2-4-6-10/h2-7H,8-9H2,1H3. The Morgan fingerprint density at radius 3 is 2.57 bits per heavy atom. The Morgan fingerprint density at radius 2 is 2.00 bits per heavy atom. The van der Waals surface area contributed by atoms with Crippen LogP contribution in [0, 0.1) is 0 Å². The van der Waals surface area contributed by atoms with Gasteiger partial charge in [0, 0.05) is 11.5 Å². The van der Waals surface area contributed by atoms with E-state index in [4.69, 9.17) is 0 Å². The van der Waals surface area contributed by atoms with Gasteiger partial charge < -0.3 is 0 Å². The highest BCUT2D eigenvalue weighted by molar-refractivity contribution is 9.12. The molecule has 0 bridgehead atoms. The average molecular weight is 319 g/mol. The van der Waals surface area contributed by atoms with Crippen LogP contribution in [0.15, 0.2) is 35.3 Å². The highest BCUT2D eigenvalue weighted by atomic mass is 79.9. The fraction of sp³-hybridized carbons (Fsp3) is 0.364. The normalized spacial score (nSPS) is 15.6. The molecule has 1 atom stereocenters. The van der Waals surface area contributed by atoms with Crippen molar-refractivity contribution in [3.8, 4) is 0 Å². The first kappa shape index (κ1) is 11.9. The molecular formula is C11H13Br2N. The molecule has 0 N–H and O–H groups in total. The first-order valence-corrected chi connectivity index (χ1v) is 6.35. The first-order valence-electron chi connectivity index (χ1n) is 4.44. The lowest BCUT2D eigenvalue weighted by molar-refractivity contribution is 0.759. The lowest BCUT2D eigenvalue weighted by atomic mass is 10.2. The van der Waals surface area contributed by atoms with Gasteiger partial charge in [0.15, 0.2) is 0 Å². The molecule has 1 rings (SSSR count). The van der Waals surface area contributed by atoms with E-state index in [1.807, 2.05) is 36.5 Å². The van der Waals surface area contributed by atoms with E-state index in [2.05, 4.69) is 43.8 Å². The second-order valence-electron chi connectivity index (χ2n) is 3.43. The monoisotopic (exact) mass is 317 g/mol. The molecule has 76 valence electrons. The molecule has 0 saturated carbocycles. The van der Waals surface area contributed by atoms with Crippen LogP contribution in [0.1, 0.15) is 12.5 Å². The van der Waals surface area contributed by atoms with Crippen LogP contribution in [0.2, 0.25) is 0 Å². The number of aliphatic imine (C=N–C) groups is 1. The van der Waals surface area contributed by atoms with E-state index in [0.717, 1.165) is 17.4 Å². The summed E-state index contributed by atoms with van der Waals surface area (Å²) in [7, 11) is 0. The average Bonchev–Trinajstić information content (AvgIpc) is 2.19. The quantitative estimate of drug-likeness (QED) is 0.593. The summed E-state index contributed by atoms with van der Waals surface area (Å²) in [5, 5.41) is 0.895. The smallest absolute Gasteiger partial charge is 0.0548 e. The minimum absolute atomic E-state index is 0.0538. The number of halogens is 2. The van der Waals surface area contributed by atoms with Crippen LogP contribution in [-0.2, 0) is 0 Å². The van der Waals surface area contributed by atoms with Crippen LogP contribution in [-0.4, -0.2) is 22.4 Å². The van der Waals surface area contributed by atoms with E-state index in [0.29, 0.717) is 0 Å². The number of rotatable bonds is 4. The van der Waals surface area contributed by atoms with Crippen LogP contribution in [0.3, 0.4) is 0 Å². The molecule has 0 aliphatic rings. The van der Waals surface area contributed by atoms with E-state index in [1.165, 1.54) is 0 Å². The number of nitrogens with zero attached hydrogens (tertiary/aromatic N) is 1. The number of benzene rings is 1. The summed E-state index contributed by atoms with van der Waals surface area (Å²) in [6.45, 7) is 2.89. The second kappa shape index (κ2) is 5.66. The van der Waals surface area contributed by atoms with Gasteiger partial charge in [-0.3, -0.25) is 4.99 Å². The Labute approximate surface area is 102 Å². The van der Waals surface area contributed by atoms with Crippen LogP contribution in [0.4, 0.5) is 0 Å². The van der Waals surface area contributed by atoms with Gasteiger partial charge in [0.2, 0.25) is 0 Å². The van der Waals surface area contributed by atoms with Gasteiger partial charge in [0.25, 0.3) is 0 Å². The van der Waals surface area contributed by atoms with E-state index in [9.17, 15) is 0 Å².